The maximum Gasteiger partial charge on any atom is 0.187 e. The predicted molar refractivity (Wildman–Crippen MR) is 86.7 cm³/mol. The van der Waals surface area contributed by atoms with Crippen LogP contribution in [0.3, 0.4) is 0 Å². The fraction of sp³-hybridized carbons (Fsp3) is 0.118. The Labute approximate surface area is 131 Å². The van der Waals surface area contributed by atoms with Crippen LogP contribution in [0, 0.1) is 25.5 Å². The number of aromatic nitrogens is 1. The molecule has 1 aromatic heterocycles. The van der Waals surface area contributed by atoms with E-state index < -0.39 is 0 Å². The molecule has 5 heteroatoms. The summed E-state index contributed by atoms with van der Waals surface area (Å²) in [6, 6.07) is 9.68. The lowest BCUT2D eigenvalue weighted by Gasteiger charge is -2.05. The minimum Gasteiger partial charge on any atom is -0.332 e. The van der Waals surface area contributed by atoms with E-state index in [1.165, 1.54) is 23.5 Å². The number of nitrogens with zero attached hydrogens (tertiary/aromatic N) is 1. The van der Waals surface area contributed by atoms with Gasteiger partial charge in [-0.2, -0.15) is 0 Å². The van der Waals surface area contributed by atoms with Crippen LogP contribution >= 0.6 is 11.3 Å². The Balaban J connectivity index is 1.86. The van der Waals surface area contributed by atoms with Gasteiger partial charge in [0, 0.05) is 16.6 Å². The van der Waals surface area contributed by atoms with Crippen molar-refractivity contribution < 1.29 is 8.78 Å². The summed E-state index contributed by atoms with van der Waals surface area (Å²) < 4.78 is 26.6. The van der Waals surface area contributed by atoms with Gasteiger partial charge >= 0.3 is 0 Å². The van der Waals surface area contributed by atoms with E-state index >= 15 is 0 Å². The van der Waals surface area contributed by atoms with Crippen molar-refractivity contribution in [3.05, 3.63) is 64.5 Å². The van der Waals surface area contributed by atoms with Gasteiger partial charge in [0.2, 0.25) is 0 Å². The summed E-state index contributed by atoms with van der Waals surface area (Å²) in [6.07, 6.45) is 0. The van der Waals surface area contributed by atoms with Crippen LogP contribution < -0.4 is 5.32 Å². The summed E-state index contributed by atoms with van der Waals surface area (Å²) in [5, 5.41) is 5.75. The van der Waals surface area contributed by atoms with Gasteiger partial charge in [0.25, 0.3) is 0 Å². The molecular formula is C17H14F2N2S. The third-order valence-electron chi connectivity index (χ3n) is 3.33. The Morgan fingerprint density at radius 3 is 2.27 bits per heavy atom. The monoisotopic (exact) mass is 316 g/mol. The van der Waals surface area contributed by atoms with Crippen LogP contribution in [0.5, 0.6) is 0 Å². The molecule has 22 heavy (non-hydrogen) atoms. The third-order valence-corrected chi connectivity index (χ3v) is 4.09. The zero-order valence-electron chi connectivity index (χ0n) is 12.2. The largest absolute Gasteiger partial charge is 0.332 e. The summed E-state index contributed by atoms with van der Waals surface area (Å²) in [5.74, 6) is -0.453. The molecule has 0 saturated carbocycles. The number of rotatable bonds is 3. The highest BCUT2D eigenvalue weighted by molar-refractivity contribution is 7.14. The molecule has 0 aliphatic heterocycles. The van der Waals surface area contributed by atoms with Crippen molar-refractivity contribution in [3.8, 4) is 11.3 Å². The lowest BCUT2D eigenvalue weighted by atomic mass is 10.0. The first-order valence-corrected chi connectivity index (χ1v) is 7.66. The van der Waals surface area contributed by atoms with Crippen LogP contribution in [0.15, 0.2) is 41.8 Å². The van der Waals surface area contributed by atoms with Gasteiger partial charge in [0.15, 0.2) is 5.13 Å². The maximum absolute atomic E-state index is 13.7. The molecule has 0 aliphatic carbocycles. The van der Waals surface area contributed by atoms with E-state index in [0.29, 0.717) is 16.3 Å². The van der Waals surface area contributed by atoms with Gasteiger partial charge in [0.05, 0.1) is 5.69 Å². The molecule has 0 fully saturated rings. The molecule has 0 aliphatic rings. The normalized spacial score (nSPS) is 10.7. The first kappa shape index (κ1) is 14.7. The van der Waals surface area contributed by atoms with Crippen molar-refractivity contribution >= 4 is 22.2 Å². The number of benzene rings is 2. The molecule has 1 heterocycles. The second-order valence-electron chi connectivity index (χ2n) is 5.09. The summed E-state index contributed by atoms with van der Waals surface area (Å²) in [4.78, 5) is 4.50. The van der Waals surface area contributed by atoms with Crippen LogP contribution in [0.4, 0.5) is 19.6 Å². The number of anilines is 2. The Morgan fingerprint density at radius 2 is 1.64 bits per heavy atom. The minimum atomic E-state index is -0.275. The number of nitrogens with one attached hydrogen (secondary N) is 1. The lowest BCUT2D eigenvalue weighted by Crippen LogP contribution is -1.91. The Hall–Kier alpha value is -2.27. The topological polar surface area (TPSA) is 24.9 Å². The minimum absolute atomic E-state index is 0.177. The van der Waals surface area contributed by atoms with E-state index in [4.69, 9.17) is 0 Å². The van der Waals surface area contributed by atoms with E-state index in [1.807, 2.05) is 5.38 Å². The van der Waals surface area contributed by atoms with Crippen LogP contribution in [0.2, 0.25) is 0 Å². The molecule has 0 radical (unpaired) electrons. The van der Waals surface area contributed by atoms with Gasteiger partial charge in [-0.1, -0.05) is 0 Å². The number of thiazole rings is 1. The average molecular weight is 316 g/mol. The van der Waals surface area contributed by atoms with Crippen molar-refractivity contribution in [3.63, 3.8) is 0 Å². The average Bonchev–Trinajstić information content (AvgIpc) is 2.95. The Morgan fingerprint density at radius 1 is 1.00 bits per heavy atom. The number of hydrogen-bond donors (Lipinski definition) is 1. The molecule has 3 rings (SSSR count). The maximum atomic E-state index is 13.7. The SMILES string of the molecule is Cc1cc(-c2csc(Nc3ccc(F)cc3)n2)cc(C)c1F. The standard InChI is InChI=1S/C17H14F2N2S/c1-10-7-12(8-11(2)16(10)19)15-9-22-17(21-15)20-14-5-3-13(18)4-6-14/h3-9H,1-2H3,(H,20,21). The lowest BCUT2D eigenvalue weighted by molar-refractivity contribution is 0.609. The predicted octanol–water partition coefficient (Wildman–Crippen LogP) is 5.45. The molecule has 0 unspecified atom stereocenters. The fourth-order valence-electron chi connectivity index (χ4n) is 2.21. The quantitative estimate of drug-likeness (QED) is 0.695. The van der Waals surface area contributed by atoms with E-state index in [9.17, 15) is 8.78 Å². The molecular weight excluding hydrogens is 302 g/mol. The summed E-state index contributed by atoms with van der Waals surface area (Å²) in [7, 11) is 0. The van der Waals surface area contributed by atoms with Crippen molar-refractivity contribution in [2.45, 2.75) is 13.8 Å². The molecule has 3 aromatic rings. The van der Waals surface area contributed by atoms with Crippen LogP contribution in [-0.4, -0.2) is 4.98 Å². The molecule has 0 atom stereocenters. The molecule has 2 aromatic carbocycles. The molecule has 1 N–H and O–H groups in total. The molecule has 0 amide bonds. The van der Waals surface area contributed by atoms with E-state index in [2.05, 4.69) is 10.3 Å². The van der Waals surface area contributed by atoms with Crippen molar-refractivity contribution in [1.82, 2.24) is 4.98 Å². The number of hydrogen-bond acceptors (Lipinski definition) is 3. The van der Waals surface area contributed by atoms with E-state index in [0.717, 1.165) is 16.9 Å². The summed E-state index contributed by atoms with van der Waals surface area (Å²) >= 11 is 1.45. The number of aryl methyl sites for hydroxylation is 2. The summed E-state index contributed by atoms with van der Waals surface area (Å²) in [6.45, 7) is 3.49. The molecule has 0 spiro atoms. The summed E-state index contributed by atoms with van der Waals surface area (Å²) in [5.41, 5.74) is 3.67. The highest BCUT2D eigenvalue weighted by Crippen LogP contribution is 2.29. The fourth-order valence-corrected chi connectivity index (χ4v) is 2.95. The molecule has 0 saturated heterocycles. The highest BCUT2D eigenvalue weighted by Gasteiger charge is 2.09. The van der Waals surface area contributed by atoms with Gasteiger partial charge in [-0.05, 0) is 61.4 Å². The van der Waals surface area contributed by atoms with E-state index in [-0.39, 0.29) is 11.6 Å². The molecule has 0 bridgehead atoms. The van der Waals surface area contributed by atoms with Gasteiger partial charge < -0.3 is 5.32 Å². The zero-order chi connectivity index (χ0) is 15.7. The smallest absolute Gasteiger partial charge is 0.187 e. The molecule has 112 valence electrons. The first-order chi connectivity index (χ1) is 10.5. The van der Waals surface area contributed by atoms with Crippen molar-refractivity contribution in [2.75, 3.05) is 5.32 Å². The van der Waals surface area contributed by atoms with Gasteiger partial charge in [-0.25, -0.2) is 13.8 Å². The third kappa shape index (κ3) is 2.99. The number of halogens is 2. The van der Waals surface area contributed by atoms with Gasteiger partial charge in [0.1, 0.15) is 11.6 Å². The van der Waals surface area contributed by atoms with Crippen LogP contribution in [0.25, 0.3) is 11.3 Å². The zero-order valence-corrected chi connectivity index (χ0v) is 13.0. The van der Waals surface area contributed by atoms with E-state index in [1.54, 1.807) is 38.1 Å². The van der Waals surface area contributed by atoms with Crippen LogP contribution in [-0.2, 0) is 0 Å². The second-order valence-corrected chi connectivity index (χ2v) is 5.95. The van der Waals surface area contributed by atoms with Crippen molar-refractivity contribution in [2.24, 2.45) is 0 Å². The van der Waals surface area contributed by atoms with Crippen molar-refractivity contribution in [1.29, 1.82) is 0 Å². The van der Waals surface area contributed by atoms with Gasteiger partial charge in [-0.15, -0.1) is 11.3 Å². The highest BCUT2D eigenvalue weighted by atomic mass is 32.1. The van der Waals surface area contributed by atoms with Crippen LogP contribution in [0.1, 0.15) is 11.1 Å². The second kappa shape index (κ2) is 5.85. The first-order valence-electron chi connectivity index (χ1n) is 6.78. The Kier molecular flexibility index (Phi) is 3.90. The van der Waals surface area contributed by atoms with Gasteiger partial charge in [-0.3, -0.25) is 0 Å². The Bertz CT molecular complexity index is 787. The molecule has 2 nitrogen and oxygen atoms in total.